The number of likely N-dealkylation sites (N-methyl/N-ethyl adjacent to an activating group) is 1. The molecular weight excluding hydrogens is 366 g/mol. The minimum absolute atomic E-state index is 0.141. The number of rotatable bonds is 4. The number of sulfonamides is 1. The number of piperidine rings is 1. The van der Waals surface area contributed by atoms with Crippen molar-refractivity contribution in [1.82, 2.24) is 9.21 Å². The number of carbonyl (C=O) groups is 1. The molecule has 1 amide bonds. The quantitative estimate of drug-likeness (QED) is 0.784. The fourth-order valence-electron chi connectivity index (χ4n) is 2.96. The molecule has 148 valence electrons. The van der Waals surface area contributed by atoms with E-state index in [0.29, 0.717) is 30.6 Å². The predicted octanol–water partition coefficient (Wildman–Crippen LogP) is 2.72. The van der Waals surface area contributed by atoms with Crippen molar-refractivity contribution in [3.8, 4) is 6.07 Å². The highest BCUT2D eigenvalue weighted by molar-refractivity contribution is 7.88. The van der Waals surface area contributed by atoms with Crippen LogP contribution in [0.4, 0.5) is 4.79 Å². The number of hydrogen-bond donors (Lipinski definition) is 0. The van der Waals surface area contributed by atoms with Crippen LogP contribution in [0.3, 0.4) is 0 Å². The summed E-state index contributed by atoms with van der Waals surface area (Å²) >= 11 is 0. The van der Waals surface area contributed by atoms with Gasteiger partial charge < -0.3 is 9.64 Å². The SMILES string of the molecule is CN(C1CCCN(C(=O)OC(C)(C)C)C1)S(=O)(=O)Cc1ccc(C#N)cc1. The lowest BCUT2D eigenvalue weighted by molar-refractivity contribution is 0.0163. The molecule has 1 saturated heterocycles. The molecule has 1 aliphatic rings. The van der Waals surface area contributed by atoms with Crippen LogP contribution in [0.25, 0.3) is 0 Å². The third-order valence-electron chi connectivity index (χ3n) is 4.43. The maximum Gasteiger partial charge on any atom is 0.410 e. The average Bonchev–Trinajstić information content (AvgIpc) is 2.60. The zero-order valence-corrected chi connectivity index (χ0v) is 17.1. The van der Waals surface area contributed by atoms with E-state index in [1.807, 2.05) is 6.07 Å². The third kappa shape index (κ3) is 5.94. The molecule has 0 aliphatic carbocycles. The smallest absolute Gasteiger partial charge is 0.410 e. The fourth-order valence-corrected chi connectivity index (χ4v) is 4.40. The summed E-state index contributed by atoms with van der Waals surface area (Å²) in [7, 11) is -1.99. The van der Waals surface area contributed by atoms with Crippen molar-refractivity contribution in [2.75, 3.05) is 20.1 Å². The molecule has 8 heteroatoms. The Labute approximate surface area is 161 Å². The first-order valence-corrected chi connectivity index (χ1v) is 10.6. The Morgan fingerprint density at radius 1 is 1.33 bits per heavy atom. The van der Waals surface area contributed by atoms with Crippen LogP contribution in [0.15, 0.2) is 24.3 Å². The van der Waals surface area contributed by atoms with E-state index in [1.54, 1.807) is 57.0 Å². The number of ether oxygens (including phenoxy) is 1. The van der Waals surface area contributed by atoms with Crippen LogP contribution >= 0.6 is 0 Å². The van der Waals surface area contributed by atoms with Crippen molar-refractivity contribution < 1.29 is 17.9 Å². The van der Waals surface area contributed by atoms with E-state index in [-0.39, 0.29) is 11.8 Å². The molecule has 0 bridgehead atoms. The number of carbonyl (C=O) groups excluding carboxylic acids is 1. The molecule has 1 aliphatic heterocycles. The van der Waals surface area contributed by atoms with Crippen molar-refractivity contribution in [2.24, 2.45) is 0 Å². The Balaban J connectivity index is 2.04. The van der Waals surface area contributed by atoms with Crippen molar-refractivity contribution in [3.63, 3.8) is 0 Å². The molecule has 1 aromatic rings. The third-order valence-corrected chi connectivity index (χ3v) is 6.31. The standard InChI is InChI=1S/C19H27N3O4S/c1-19(2,3)26-18(23)22-11-5-6-17(13-22)21(4)27(24,25)14-16-9-7-15(12-20)8-10-16/h7-10,17H,5-6,11,13-14H2,1-4H3. The lowest BCUT2D eigenvalue weighted by atomic mass is 10.1. The van der Waals surface area contributed by atoms with E-state index in [4.69, 9.17) is 10.00 Å². The zero-order valence-electron chi connectivity index (χ0n) is 16.3. The number of likely N-dealkylation sites (tertiary alicyclic amines) is 1. The first kappa shape index (κ1) is 21.2. The van der Waals surface area contributed by atoms with Crippen molar-refractivity contribution in [3.05, 3.63) is 35.4 Å². The molecule has 0 spiro atoms. The van der Waals surface area contributed by atoms with Gasteiger partial charge in [-0.2, -0.15) is 9.57 Å². The van der Waals surface area contributed by atoms with Crippen LogP contribution in [0.1, 0.15) is 44.7 Å². The van der Waals surface area contributed by atoms with Crippen LogP contribution in [0.5, 0.6) is 0 Å². The Morgan fingerprint density at radius 2 is 1.96 bits per heavy atom. The summed E-state index contributed by atoms with van der Waals surface area (Å²) in [4.78, 5) is 13.9. The first-order chi connectivity index (χ1) is 12.5. The highest BCUT2D eigenvalue weighted by Crippen LogP contribution is 2.21. The Morgan fingerprint density at radius 3 is 2.52 bits per heavy atom. The maximum atomic E-state index is 12.8. The number of amides is 1. The van der Waals surface area contributed by atoms with Gasteiger partial charge in [0, 0.05) is 26.2 Å². The molecule has 2 rings (SSSR count). The van der Waals surface area contributed by atoms with E-state index in [9.17, 15) is 13.2 Å². The lowest BCUT2D eigenvalue weighted by Crippen LogP contribution is -2.51. The van der Waals surface area contributed by atoms with Gasteiger partial charge in [-0.1, -0.05) is 12.1 Å². The summed E-state index contributed by atoms with van der Waals surface area (Å²) in [5, 5.41) is 8.84. The highest BCUT2D eigenvalue weighted by Gasteiger charge is 2.33. The van der Waals surface area contributed by atoms with Crippen LogP contribution in [-0.4, -0.2) is 55.5 Å². The summed E-state index contributed by atoms with van der Waals surface area (Å²) in [6.07, 6.45) is 1.01. The van der Waals surface area contributed by atoms with Crippen LogP contribution in [0.2, 0.25) is 0 Å². The van der Waals surface area contributed by atoms with Gasteiger partial charge in [-0.3, -0.25) is 0 Å². The van der Waals surface area contributed by atoms with Gasteiger partial charge in [-0.05, 0) is 51.3 Å². The highest BCUT2D eigenvalue weighted by atomic mass is 32.2. The molecule has 0 aromatic heterocycles. The Kier molecular flexibility index (Phi) is 6.50. The summed E-state index contributed by atoms with van der Waals surface area (Å²) in [6.45, 7) is 6.30. The zero-order chi connectivity index (χ0) is 20.2. The monoisotopic (exact) mass is 393 g/mol. The van der Waals surface area contributed by atoms with E-state index >= 15 is 0 Å². The number of nitriles is 1. The minimum Gasteiger partial charge on any atom is -0.444 e. The molecule has 0 radical (unpaired) electrons. The molecular formula is C19H27N3O4S. The molecule has 0 N–H and O–H groups in total. The van der Waals surface area contributed by atoms with Gasteiger partial charge >= 0.3 is 6.09 Å². The van der Waals surface area contributed by atoms with Crippen LogP contribution in [0, 0.1) is 11.3 Å². The van der Waals surface area contributed by atoms with Gasteiger partial charge in [0.1, 0.15) is 5.60 Å². The molecule has 7 nitrogen and oxygen atoms in total. The number of hydrogen-bond acceptors (Lipinski definition) is 5. The van der Waals surface area contributed by atoms with Gasteiger partial charge in [0.15, 0.2) is 0 Å². The summed E-state index contributed by atoms with van der Waals surface area (Å²) in [6, 6.07) is 8.25. The normalized spacial score (nSPS) is 18.2. The van der Waals surface area contributed by atoms with Crippen molar-refractivity contribution in [1.29, 1.82) is 5.26 Å². The van der Waals surface area contributed by atoms with Crippen molar-refractivity contribution in [2.45, 2.75) is 51.0 Å². The fraction of sp³-hybridized carbons (Fsp3) is 0.579. The second-order valence-corrected chi connectivity index (χ2v) is 9.83. The van der Waals surface area contributed by atoms with Crippen LogP contribution in [-0.2, 0) is 20.5 Å². The molecule has 1 atom stereocenters. The van der Waals surface area contributed by atoms with Crippen LogP contribution < -0.4 is 0 Å². The van der Waals surface area contributed by atoms with E-state index in [1.165, 1.54) is 4.31 Å². The summed E-state index contributed by atoms with van der Waals surface area (Å²) in [5.74, 6) is -0.141. The predicted molar refractivity (Wildman–Crippen MR) is 102 cm³/mol. The topological polar surface area (TPSA) is 90.7 Å². The molecule has 1 fully saturated rings. The maximum absolute atomic E-state index is 12.8. The first-order valence-electron chi connectivity index (χ1n) is 8.94. The molecule has 1 aromatic carbocycles. The number of benzene rings is 1. The van der Waals surface area contributed by atoms with Gasteiger partial charge in [0.05, 0.1) is 17.4 Å². The minimum atomic E-state index is -3.55. The molecule has 1 unspecified atom stereocenters. The second-order valence-electron chi connectivity index (χ2n) is 7.80. The Bertz CT molecular complexity index is 807. The van der Waals surface area contributed by atoms with E-state index in [2.05, 4.69) is 0 Å². The average molecular weight is 394 g/mol. The second kappa shape index (κ2) is 8.28. The van der Waals surface area contributed by atoms with Crippen molar-refractivity contribution >= 4 is 16.1 Å². The van der Waals surface area contributed by atoms with Gasteiger partial charge in [0.25, 0.3) is 0 Å². The summed E-state index contributed by atoms with van der Waals surface area (Å²) < 4.78 is 32.3. The molecule has 27 heavy (non-hydrogen) atoms. The van der Waals surface area contributed by atoms with Gasteiger partial charge in [0.2, 0.25) is 10.0 Å². The van der Waals surface area contributed by atoms with E-state index in [0.717, 1.165) is 6.42 Å². The Hall–Kier alpha value is -2.11. The number of nitrogens with zero attached hydrogens (tertiary/aromatic N) is 3. The lowest BCUT2D eigenvalue weighted by Gasteiger charge is -2.37. The largest absolute Gasteiger partial charge is 0.444 e. The van der Waals surface area contributed by atoms with E-state index < -0.39 is 21.7 Å². The molecule has 1 heterocycles. The van der Waals surface area contributed by atoms with Gasteiger partial charge in [-0.15, -0.1) is 0 Å². The summed E-state index contributed by atoms with van der Waals surface area (Å²) in [5.41, 5.74) is 0.530. The van der Waals surface area contributed by atoms with Gasteiger partial charge in [-0.25, -0.2) is 13.2 Å². The molecule has 0 saturated carbocycles.